The first-order valence-corrected chi connectivity index (χ1v) is 9.05. The summed E-state index contributed by atoms with van der Waals surface area (Å²) in [5.41, 5.74) is 0. The van der Waals surface area contributed by atoms with Gasteiger partial charge in [0.15, 0.2) is 0 Å². The van der Waals surface area contributed by atoms with Gasteiger partial charge in [-0.05, 0) is 19.3 Å². The number of hydrogen-bond donors (Lipinski definition) is 1. The van der Waals surface area contributed by atoms with Gasteiger partial charge in [0.2, 0.25) is 10.0 Å². The van der Waals surface area contributed by atoms with E-state index in [-0.39, 0.29) is 11.0 Å². The molecule has 0 heterocycles. The largest absolute Gasteiger partial charge is 0.260 e. The lowest BCUT2D eigenvalue weighted by Gasteiger charge is -2.09. The third kappa shape index (κ3) is 8.50. The van der Waals surface area contributed by atoms with Crippen LogP contribution in [0.15, 0.2) is 0 Å². The predicted molar refractivity (Wildman–Crippen MR) is 69.9 cm³/mol. The molecule has 2 unspecified atom stereocenters. The van der Waals surface area contributed by atoms with Gasteiger partial charge < -0.3 is 0 Å². The molecular weight excluding hydrogens is 270 g/mol. The van der Waals surface area contributed by atoms with Crippen molar-refractivity contribution in [3.63, 3.8) is 0 Å². The lowest BCUT2D eigenvalue weighted by atomic mass is 10.3. The highest BCUT2D eigenvalue weighted by atomic mass is 35.5. The fraction of sp³-hybridized carbons (Fsp3) is 1.00. The van der Waals surface area contributed by atoms with Crippen LogP contribution < -0.4 is 4.72 Å². The number of halogens is 1. The smallest absolute Gasteiger partial charge is 0.211 e. The summed E-state index contributed by atoms with van der Waals surface area (Å²) in [7, 11) is -4.08. The highest BCUT2D eigenvalue weighted by Crippen LogP contribution is 2.00. The molecule has 0 radical (unpaired) electrons. The molecule has 0 saturated heterocycles. The Hall–Kier alpha value is 0.350. The van der Waals surface area contributed by atoms with E-state index in [0.717, 1.165) is 0 Å². The van der Waals surface area contributed by atoms with Crippen LogP contribution in [0.25, 0.3) is 0 Å². The maximum atomic E-state index is 11.4. The first-order chi connectivity index (χ1) is 7.39. The Labute approximate surface area is 106 Å². The first kappa shape index (κ1) is 16.4. The van der Waals surface area contributed by atoms with Gasteiger partial charge in [0.1, 0.15) is 0 Å². The van der Waals surface area contributed by atoms with Gasteiger partial charge in [0.25, 0.3) is 0 Å². The maximum absolute atomic E-state index is 11.4. The minimum Gasteiger partial charge on any atom is -0.260 e. The molecule has 16 heavy (non-hydrogen) atoms. The zero-order valence-electron chi connectivity index (χ0n) is 9.74. The van der Waals surface area contributed by atoms with Gasteiger partial charge in [0, 0.05) is 34.7 Å². The van der Waals surface area contributed by atoms with E-state index in [2.05, 4.69) is 4.72 Å². The predicted octanol–water partition coefficient (Wildman–Crippen LogP) is 1.08. The molecule has 0 aliphatic rings. The Balaban J connectivity index is 3.78. The van der Waals surface area contributed by atoms with Gasteiger partial charge >= 0.3 is 0 Å². The number of unbranched alkanes of at least 4 members (excludes halogenated alkanes) is 1. The van der Waals surface area contributed by atoms with Crippen LogP contribution in [0, 0.1) is 0 Å². The Morgan fingerprint density at radius 1 is 1.38 bits per heavy atom. The van der Waals surface area contributed by atoms with E-state index in [1.807, 2.05) is 6.92 Å². The summed E-state index contributed by atoms with van der Waals surface area (Å²) >= 11 is 5.46. The molecule has 0 fully saturated rings. The minimum atomic E-state index is -3.18. The molecule has 0 aromatic carbocycles. The van der Waals surface area contributed by atoms with Crippen molar-refractivity contribution in [2.45, 2.75) is 31.4 Å². The van der Waals surface area contributed by atoms with Crippen molar-refractivity contribution < 1.29 is 12.6 Å². The molecule has 7 heteroatoms. The number of rotatable bonds is 9. The van der Waals surface area contributed by atoms with E-state index in [9.17, 15) is 12.6 Å². The van der Waals surface area contributed by atoms with Gasteiger partial charge in [-0.1, -0.05) is 6.92 Å². The van der Waals surface area contributed by atoms with Crippen molar-refractivity contribution in [2.24, 2.45) is 0 Å². The molecule has 0 saturated carbocycles. The summed E-state index contributed by atoms with van der Waals surface area (Å²) in [5, 5.41) is 0.0190. The third-order valence-corrected chi connectivity index (χ3v) is 5.34. The fourth-order valence-corrected chi connectivity index (χ4v) is 2.84. The van der Waals surface area contributed by atoms with Gasteiger partial charge in [-0.3, -0.25) is 4.21 Å². The summed E-state index contributed by atoms with van der Waals surface area (Å²) in [4.78, 5) is 0. The summed E-state index contributed by atoms with van der Waals surface area (Å²) < 4.78 is 36.4. The lowest BCUT2D eigenvalue weighted by molar-refractivity contribution is 0.574. The van der Waals surface area contributed by atoms with Gasteiger partial charge in [-0.25, -0.2) is 13.1 Å². The van der Waals surface area contributed by atoms with Gasteiger partial charge in [-0.2, -0.15) is 0 Å². The van der Waals surface area contributed by atoms with Crippen molar-refractivity contribution >= 4 is 32.4 Å². The van der Waals surface area contributed by atoms with Crippen molar-refractivity contribution in [1.82, 2.24) is 4.72 Å². The fourth-order valence-electron chi connectivity index (χ4n) is 1.04. The SMILES string of the molecule is CC(CCNS(=O)(=O)CCCCCl)S(C)=O. The standard InChI is InChI=1S/C9H20ClNO3S2/c1-9(15(2)12)5-7-11-16(13,14)8-4-3-6-10/h9,11H,3-8H2,1-2H3. The quantitative estimate of drug-likeness (QED) is 0.510. The number of sulfonamides is 1. The normalized spacial score (nSPS) is 15.9. The summed E-state index contributed by atoms with van der Waals surface area (Å²) in [6.45, 7) is 2.20. The third-order valence-electron chi connectivity index (χ3n) is 2.24. The van der Waals surface area contributed by atoms with E-state index in [1.165, 1.54) is 0 Å². The summed E-state index contributed by atoms with van der Waals surface area (Å²) in [6, 6.07) is 0. The van der Waals surface area contributed by atoms with Crippen LogP contribution >= 0.6 is 11.6 Å². The monoisotopic (exact) mass is 289 g/mol. The zero-order chi connectivity index (χ0) is 12.6. The van der Waals surface area contributed by atoms with Crippen LogP contribution in [0.5, 0.6) is 0 Å². The summed E-state index contributed by atoms with van der Waals surface area (Å²) in [6.07, 6.45) is 3.50. The Morgan fingerprint density at radius 2 is 2.00 bits per heavy atom. The first-order valence-electron chi connectivity index (χ1n) is 5.24. The second-order valence-corrected chi connectivity index (χ2v) is 7.81. The molecule has 0 aliphatic carbocycles. The Kier molecular flexibility index (Phi) is 8.63. The van der Waals surface area contributed by atoms with Crippen LogP contribution in [-0.2, 0) is 20.8 Å². The number of hydrogen-bond acceptors (Lipinski definition) is 3. The van der Waals surface area contributed by atoms with Crippen LogP contribution in [0.3, 0.4) is 0 Å². The lowest BCUT2D eigenvalue weighted by Crippen LogP contribution is -2.29. The molecule has 0 rings (SSSR count). The van der Waals surface area contributed by atoms with E-state index < -0.39 is 20.8 Å². The maximum Gasteiger partial charge on any atom is 0.211 e. The van der Waals surface area contributed by atoms with Crippen molar-refractivity contribution in [1.29, 1.82) is 0 Å². The van der Waals surface area contributed by atoms with E-state index in [0.29, 0.717) is 31.7 Å². The van der Waals surface area contributed by atoms with Crippen LogP contribution in [0.4, 0.5) is 0 Å². The molecule has 0 spiro atoms. The molecule has 0 aromatic heterocycles. The van der Waals surface area contributed by atoms with Crippen LogP contribution in [0.1, 0.15) is 26.2 Å². The molecule has 2 atom stereocenters. The second kappa shape index (κ2) is 8.44. The van der Waals surface area contributed by atoms with Gasteiger partial charge in [0.05, 0.1) is 5.75 Å². The van der Waals surface area contributed by atoms with Crippen LogP contribution in [0.2, 0.25) is 0 Å². The highest BCUT2D eigenvalue weighted by molar-refractivity contribution is 7.89. The van der Waals surface area contributed by atoms with Crippen molar-refractivity contribution in [3.8, 4) is 0 Å². The van der Waals surface area contributed by atoms with Gasteiger partial charge in [-0.15, -0.1) is 11.6 Å². The van der Waals surface area contributed by atoms with Crippen molar-refractivity contribution in [2.75, 3.05) is 24.4 Å². The molecule has 4 nitrogen and oxygen atoms in total. The van der Waals surface area contributed by atoms with Crippen molar-refractivity contribution in [3.05, 3.63) is 0 Å². The summed E-state index contributed by atoms with van der Waals surface area (Å²) in [5.74, 6) is 0.602. The Morgan fingerprint density at radius 3 is 2.50 bits per heavy atom. The minimum absolute atomic E-state index is 0.0190. The molecule has 0 aliphatic heterocycles. The Bertz CT molecular complexity index is 306. The average molecular weight is 290 g/mol. The molecule has 1 N–H and O–H groups in total. The number of nitrogens with one attached hydrogen (secondary N) is 1. The van der Waals surface area contributed by atoms with E-state index >= 15 is 0 Å². The highest BCUT2D eigenvalue weighted by Gasteiger charge is 2.11. The average Bonchev–Trinajstić information content (AvgIpc) is 2.17. The second-order valence-electron chi connectivity index (χ2n) is 3.71. The molecule has 0 amide bonds. The molecule has 98 valence electrons. The van der Waals surface area contributed by atoms with E-state index in [4.69, 9.17) is 11.6 Å². The molecular formula is C9H20ClNO3S2. The zero-order valence-corrected chi connectivity index (χ0v) is 12.1. The molecule has 0 bridgehead atoms. The number of alkyl halides is 1. The topological polar surface area (TPSA) is 63.2 Å². The molecule has 0 aromatic rings. The van der Waals surface area contributed by atoms with E-state index in [1.54, 1.807) is 6.26 Å². The van der Waals surface area contributed by atoms with Crippen LogP contribution in [-0.4, -0.2) is 42.3 Å².